The highest BCUT2D eigenvalue weighted by Gasteiger charge is 2.25. The van der Waals surface area contributed by atoms with Gasteiger partial charge in [-0.25, -0.2) is 0 Å². The lowest BCUT2D eigenvalue weighted by atomic mass is 10.1. The van der Waals surface area contributed by atoms with Crippen LogP contribution in [0.15, 0.2) is 18.2 Å². The number of ether oxygens (including phenoxy) is 3. The van der Waals surface area contributed by atoms with Crippen molar-refractivity contribution in [1.82, 2.24) is 10.2 Å². The van der Waals surface area contributed by atoms with Crippen molar-refractivity contribution in [3.63, 3.8) is 0 Å². The summed E-state index contributed by atoms with van der Waals surface area (Å²) in [5.74, 6) is 0.477. The van der Waals surface area contributed by atoms with Crippen LogP contribution in [-0.2, 0) is 9.47 Å². The standard InChI is InChI=1S/C20H29ClN2O4/c1-25-12-8-22-20(24)15-4-5-19(18(21)13-15)27-16-6-9-23(10-7-16)14-17-3-2-11-26-17/h4-5,13,16-17H,2-3,6-12,14H2,1H3,(H,22,24)/t17-/m0/s1. The molecule has 27 heavy (non-hydrogen) atoms. The van der Waals surface area contributed by atoms with Crippen LogP contribution < -0.4 is 10.1 Å². The number of nitrogens with one attached hydrogen (secondary N) is 1. The molecule has 2 aliphatic heterocycles. The van der Waals surface area contributed by atoms with Crippen LogP contribution in [0.4, 0.5) is 0 Å². The largest absolute Gasteiger partial charge is 0.489 e. The summed E-state index contributed by atoms with van der Waals surface area (Å²) in [5.41, 5.74) is 0.523. The molecule has 0 unspecified atom stereocenters. The molecule has 0 saturated carbocycles. The molecular weight excluding hydrogens is 368 g/mol. The van der Waals surface area contributed by atoms with Crippen molar-refractivity contribution in [3.05, 3.63) is 28.8 Å². The molecule has 2 heterocycles. The predicted molar refractivity (Wildman–Crippen MR) is 105 cm³/mol. The molecule has 2 saturated heterocycles. The number of halogens is 1. The molecule has 0 radical (unpaired) electrons. The van der Waals surface area contributed by atoms with E-state index >= 15 is 0 Å². The van der Waals surface area contributed by atoms with Crippen LogP contribution in [0.25, 0.3) is 0 Å². The van der Waals surface area contributed by atoms with Crippen molar-refractivity contribution >= 4 is 17.5 Å². The van der Waals surface area contributed by atoms with Gasteiger partial charge in [-0.15, -0.1) is 0 Å². The molecule has 150 valence electrons. The summed E-state index contributed by atoms with van der Waals surface area (Å²) in [6.45, 7) is 4.91. The molecule has 0 aliphatic carbocycles. The molecule has 1 aromatic carbocycles. The molecule has 2 fully saturated rings. The van der Waals surface area contributed by atoms with E-state index in [-0.39, 0.29) is 12.0 Å². The molecule has 3 rings (SSSR count). The molecule has 1 N–H and O–H groups in total. The Morgan fingerprint density at radius 1 is 1.33 bits per heavy atom. The van der Waals surface area contributed by atoms with Crippen molar-refractivity contribution in [2.75, 3.05) is 46.5 Å². The molecular formula is C20H29ClN2O4. The van der Waals surface area contributed by atoms with Gasteiger partial charge in [0.15, 0.2) is 0 Å². The van der Waals surface area contributed by atoms with Crippen LogP contribution >= 0.6 is 11.6 Å². The molecule has 2 aliphatic rings. The first-order valence-corrected chi connectivity index (χ1v) is 10.1. The second-order valence-corrected chi connectivity index (χ2v) is 7.55. The van der Waals surface area contributed by atoms with E-state index in [9.17, 15) is 4.79 Å². The van der Waals surface area contributed by atoms with E-state index in [4.69, 9.17) is 25.8 Å². The maximum absolute atomic E-state index is 12.1. The van der Waals surface area contributed by atoms with Gasteiger partial charge in [0, 0.05) is 45.5 Å². The maximum atomic E-state index is 12.1. The van der Waals surface area contributed by atoms with Crippen LogP contribution in [0.3, 0.4) is 0 Å². The zero-order valence-electron chi connectivity index (χ0n) is 15.9. The van der Waals surface area contributed by atoms with E-state index < -0.39 is 0 Å². The highest BCUT2D eigenvalue weighted by atomic mass is 35.5. The number of carbonyl (C=O) groups is 1. The van der Waals surface area contributed by atoms with Gasteiger partial charge in [0.25, 0.3) is 5.91 Å². The number of likely N-dealkylation sites (tertiary alicyclic amines) is 1. The lowest BCUT2D eigenvalue weighted by molar-refractivity contribution is 0.0441. The van der Waals surface area contributed by atoms with Crippen LogP contribution in [0.5, 0.6) is 5.75 Å². The first-order chi connectivity index (χ1) is 13.2. The third-order valence-corrected chi connectivity index (χ3v) is 5.40. The van der Waals surface area contributed by atoms with Gasteiger partial charge in [0.05, 0.1) is 17.7 Å². The van der Waals surface area contributed by atoms with Crippen molar-refractivity contribution in [1.29, 1.82) is 0 Å². The predicted octanol–water partition coefficient (Wildman–Crippen LogP) is 2.74. The second-order valence-electron chi connectivity index (χ2n) is 7.15. The Balaban J connectivity index is 1.46. The van der Waals surface area contributed by atoms with Crippen molar-refractivity contribution in [2.24, 2.45) is 0 Å². The molecule has 1 atom stereocenters. The number of amides is 1. The normalized spacial score (nSPS) is 21.3. The zero-order valence-corrected chi connectivity index (χ0v) is 16.7. The number of hydrogen-bond acceptors (Lipinski definition) is 5. The molecule has 1 amide bonds. The van der Waals surface area contributed by atoms with Gasteiger partial charge in [-0.2, -0.15) is 0 Å². The van der Waals surface area contributed by atoms with Crippen molar-refractivity contribution in [3.8, 4) is 5.75 Å². The summed E-state index contributed by atoms with van der Waals surface area (Å²) >= 11 is 6.34. The second kappa shape index (κ2) is 10.3. The molecule has 0 bridgehead atoms. The Hall–Kier alpha value is -1.34. The fraction of sp³-hybridized carbons (Fsp3) is 0.650. The summed E-state index contributed by atoms with van der Waals surface area (Å²) in [6, 6.07) is 5.19. The van der Waals surface area contributed by atoms with Crippen molar-refractivity contribution < 1.29 is 19.0 Å². The Morgan fingerprint density at radius 2 is 2.15 bits per heavy atom. The lowest BCUT2D eigenvalue weighted by Gasteiger charge is -2.33. The van der Waals surface area contributed by atoms with Gasteiger partial charge >= 0.3 is 0 Å². The van der Waals surface area contributed by atoms with Crippen LogP contribution in [0, 0.1) is 0 Å². The monoisotopic (exact) mass is 396 g/mol. The summed E-state index contributed by atoms with van der Waals surface area (Å²) in [4.78, 5) is 14.5. The highest BCUT2D eigenvalue weighted by Crippen LogP contribution is 2.28. The first kappa shape index (κ1) is 20.4. The number of hydrogen-bond donors (Lipinski definition) is 1. The average Bonchev–Trinajstić information content (AvgIpc) is 3.18. The SMILES string of the molecule is COCCNC(=O)c1ccc(OC2CCN(C[C@@H]3CCCO3)CC2)c(Cl)c1. The number of rotatable bonds is 8. The third-order valence-electron chi connectivity index (χ3n) is 5.10. The molecule has 0 aromatic heterocycles. The summed E-state index contributed by atoms with van der Waals surface area (Å²) < 4.78 is 16.8. The van der Waals surface area contributed by atoms with Crippen LogP contribution in [-0.4, -0.2) is 69.5 Å². The number of benzene rings is 1. The van der Waals surface area contributed by atoms with E-state index in [0.717, 1.165) is 39.1 Å². The average molecular weight is 397 g/mol. The fourth-order valence-corrected chi connectivity index (χ4v) is 3.80. The van der Waals surface area contributed by atoms with Gasteiger partial charge in [0.1, 0.15) is 11.9 Å². The van der Waals surface area contributed by atoms with E-state index in [0.29, 0.717) is 35.6 Å². The minimum absolute atomic E-state index is 0.157. The lowest BCUT2D eigenvalue weighted by Crippen LogP contribution is -2.41. The van der Waals surface area contributed by atoms with Crippen LogP contribution in [0.1, 0.15) is 36.0 Å². The van der Waals surface area contributed by atoms with Crippen LogP contribution in [0.2, 0.25) is 5.02 Å². The zero-order chi connectivity index (χ0) is 19.1. The van der Waals surface area contributed by atoms with E-state index in [1.807, 2.05) is 0 Å². The summed E-state index contributed by atoms with van der Waals surface area (Å²) in [7, 11) is 1.60. The Labute approximate surface area is 166 Å². The highest BCUT2D eigenvalue weighted by molar-refractivity contribution is 6.32. The van der Waals surface area contributed by atoms with E-state index in [2.05, 4.69) is 10.2 Å². The Bertz CT molecular complexity index is 614. The number of piperidine rings is 1. The molecule has 1 aromatic rings. The Kier molecular flexibility index (Phi) is 7.76. The van der Waals surface area contributed by atoms with Gasteiger partial charge in [-0.3, -0.25) is 4.79 Å². The third kappa shape index (κ3) is 6.07. The smallest absolute Gasteiger partial charge is 0.251 e. The Morgan fingerprint density at radius 3 is 2.81 bits per heavy atom. The fourth-order valence-electron chi connectivity index (χ4n) is 3.57. The summed E-state index contributed by atoms with van der Waals surface area (Å²) in [5, 5.41) is 3.25. The van der Waals surface area contributed by atoms with Gasteiger partial charge in [0.2, 0.25) is 0 Å². The number of nitrogens with zero attached hydrogens (tertiary/aromatic N) is 1. The van der Waals surface area contributed by atoms with E-state index in [1.54, 1.807) is 25.3 Å². The topological polar surface area (TPSA) is 60.0 Å². The molecule has 7 heteroatoms. The molecule has 0 spiro atoms. The first-order valence-electron chi connectivity index (χ1n) is 9.73. The number of carbonyl (C=O) groups excluding carboxylic acids is 1. The summed E-state index contributed by atoms with van der Waals surface area (Å²) in [6.07, 6.45) is 4.87. The van der Waals surface area contributed by atoms with Crippen molar-refractivity contribution in [2.45, 2.75) is 37.9 Å². The maximum Gasteiger partial charge on any atom is 0.251 e. The van der Waals surface area contributed by atoms with Gasteiger partial charge < -0.3 is 24.4 Å². The van der Waals surface area contributed by atoms with Gasteiger partial charge in [-0.1, -0.05) is 11.6 Å². The quantitative estimate of drug-likeness (QED) is 0.684. The van der Waals surface area contributed by atoms with E-state index in [1.165, 1.54) is 12.8 Å². The molecule has 6 nitrogen and oxygen atoms in total. The minimum atomic E-state index is -0.164. The minimum Gasteiger partial charge on any atom is -0.489 e. The van der Waals surface area contributed by atoms with Gasteiger partial charge in [-0.05, 0) is 43.9 Å². The number of methoxy groups -OCH3 is 1.